The number of rotatable bonds is 3. The van der Waals surface area contributed by atoms with Crippen LogP contribution in [0.2, 0.25) is 0 Å². The summed E-state index contributed by atoms with van der Waals surface area (Å²) in [4.78, 5) is 15.1. The van der Waals surface area contributed by atoms with Crippen molar-refractivity contribution >= 4 is 11.0 Å². The van der Waals surface area contributed by atoms with Crippen LogP contribution in [0.4, 0.5) is 0 Å². The van der Waals surface area contributed by atoms with Crippen LogP contribution in [-0.4, -0.2) is 29.2 Å². The molecule has 0 spiro atoms. The Morgan fingerprint density at radius 3 is 2.89 bits per heavy atom. The molecule has 0 unspecified atom stereocenters. The smallest absolute Gasteiger partial charge is 0.326 e. The van der Waals surface area contributed by atoms with Crippen molar-refractivity contribution in [1.82, 2.24) is 14.9 Å². The van der Waals surface area contributed by atoms with Gasteiger partial charge >= 0.3 is 5.69 Å². The molecule has 2 N–H and O–H groups in total. The number of aromatic nitrogens is 2. The van der Waals surface area contributed by atoms with Crippen LogP contribution in [0.3, 0.4) is 0 Å². The molecule has 0 bridgehead atoms. The Kier molecular flexibility index (Phi) is 3.29. The van der Waals surface area contributed by atoms with Crippen molar-refractivity contribution < 1.29 is 4.74 Å². The SMILES string of the molecule is CCOc1ccc2[nH]c(=O)n(C3CCNCC3)c2c1. The van der Waals surface area contributed by atoms with Crippen LogP contribution in [0.5, 0.6) is 5.75 Å². The van der Waals surface area contributed by atoms with Crippen molar-refractivity contribution in [2.45, 2.75) is 25.8 Å². The molecule has 0 radical (unpaired) electrons. The summed E-state index contributed by atoms with van der Waals surface area (Å²) < 4.78 is 7.41. The van der Waals surface area contributed by atoms with Gasteiger partial charge in [-0.15, -0.1) is 0 Å². The van der Waals surface area contributed by atoms with E-state index < -0.39 is 0 Å². The van der Waals surface area contributed by atoms with E-state index in [0.717, 1.165) is 42.7 Å². The van der Waals surface area contributed by atoms with E-state index in [9.17, 15) is 4.79 Å². The minimum Gasteiger partial charge on any atom is -0.494 e. The summed E-state index contributed by atoms with van der Waals surface area (Å²) in [5, 5.41) is 3.33. The molecule has 1 fully saturated rings. The number of H-pyrrole nitrogens is 1. The molecule has 3 rings (SSSR count). The summed E-state index contributed by atoms with van der Waals surface area (Å²) >= 11 is 0. The molecule has 0 saturated carbocycles. The van der Waals surface area contributed by atoms with E-state index in [1.165, 1.54) is 0 Å². The van der Waals surface area contributed by atoms with Crippen LogP contribution in [0.1, 0.15) is 25.8 Å². The molecule has 1 aliphatic heterocycles. The number of hydrogen-bond donors (Lipinski definition) is 2. The molecule has 0 amide bonds. The molecule has 0 atom stereocenters. The molecule has 19 heavy (non-hydrogen) atoms. The Morgan fingerprint density at radius 2 is 2.16 bits per heavy atom. The zero-order valence-electron chi connectivity index (χ0n) is 11.1. The number of nitrogens with zero attached hydrogens (tertiary/aromatic N) is 1. The fourth-order valence-corrected chi connectivity index (χ4v) is 2.79. The lowest BCUT2D eigenvalue weighted by molar-refractivity contribution is 0.340. The first-order valence-corrected chi connectivity index (χ1v) is 6.87. The summed E-state index contributed by atoms with van der Waals surface area (Å²) in [6.45, 7) is 4.53. The highest BCUT2D eigenvalue weighted by atomic mass is 16.5. The minimum absolute atomic E-state index is 0.0180. The number of fused-ring (bicyclic) bond motifs is 1. The largest absolute Gasteiger partial charge is 0.494 e. The van der Waals surface area contributed by atoms with Crippen LogP contribution >= 0.6 is 0 Å². The molecule has 5 nitrogen and oxygen atoms in total. The van der Waals surface area contributed by atoms with Gasteiger partial charge in [-0.2, -0.15) is 0 Å². The van der Waals surface area contributed by atoms with E-state index in [4.69, 9.17) is 4.74 Å². The Labute approximate surface area is 111 Å². The second-order valence-electron chi connectivity index (χ2n) is 4.89. The topological polar surface area (TPSA) is 59.1 Å². The van der Waals surface area contributed by atoms with Gasteiger partial charge in [0.05, 0.1) is 17.6 Å². The van der Waals surface area contributed by atoms with E-state index in [0.29, 0.717) is 6.61 Å². The van der Waals surface area contributed by atoms with Gasteiger partial charge in [0.25, 0.3) is 0 Å². The normalized spacial score (nSPS) is 16.9. The minimum atomic E-state index is -0.0180. The maximum Gasteiger partial charge on any atom is 0.326 e. The molecular weight excluding hydrogens is 242 g/mol. The van der Waals surface area contributed by atoms with Crippen molar-refractivity contribution in [2.75, 3.05) is 19.7 Å². The van der Waals surface area contributed by atoms with Gasteiger partial charge in [0.1, 0.15) is 5.75 Å². The van der Waals surface area contributed by atoms with Crippen molar-refractivity contribution in [3.8, 4) is 5.75 Å². The molecule has 1 saturated heterocycles. The number of piperidine rings is 1. The lowest BCUT2D eigenvalue weighted by atomic mass is 10.1. The van der Waals surface area contributed by atoms with E-state index >= 15 is 0 Å². The zero-order chi connectivity index (χ0) is 13.2. The summed E-state index contributed by atoms with van der Waals surface area (Å²) in [5.41, 5.74) is 1.81. The Morgan fingerprint density at radius 1 is 1.37 bits per heavy atom. The lowest BCUT2D eigenvalue weighted by Gasteiger charge is -2.23. The summed E-state index contributed by atoms with van der Waals surface area (Å²) in [5.74, 6) is 0.816. The van der Waals surface area contributed by atoms with Gasteiger partial charge in [-0.25, -0.2) is 4.79 Å². The molecule has 102 valence electrons. The van der Waals surface area contributed by atoms with Crippen LogP contribution in [-0.2, 0) is 0 Å². The van der Waals surface area contributed by atoms with E-state index in [2.05, 4.69) is 10.3 Å². The fourth-order valence-electron chi connectivity index (χ4n) is 2.79. The first-order chi connectivity index (χ1) is 9.29. The molecule has 1 aromatic heterocycles. The first kappa shape index (κ1) is 12.3. The van der Waals surface area contributed by atoms with Crippen molar-refractivity contribution in [3.63, 3.8) is 0 Å². The Balaban J connectivity index is 2.08. The average molecular weight is 261 g/mol. The van der Waals surface area contributed by atoms with E-state index in [1.54, 1.807) is 0 Å². The predicted molar refractivity (Wildman–Crippen MR) is 74.9 cm³/mol. The monoisotopic (exact) mass is 261 g/mol. The average Bonchev–Trinajstić information content (AvgIpc) is 2.75. The van der Waals surface area contributed by atoms with E-state index in [1.807, 2.05) is 29.7 Å². The molecule has 0 aliphatic carbocycles. The van der Waals surface area contributed by atoms with Crippen LogP contribution in [0.25, 0.3) is 11.0 Å². The summed E-state index contributed by atoms with van der Waals surface area (Å²) in [6.07, 6.45) is 1.98. The fraction of sp³-hybridized carbons (Fsp3) is 0.500. The standard InChI is InChI=1S/C14H19N3O2/c1-2-19-11-3-4-12-13(9-11)17(14(18)16-12)10-5-7-15-8-6-10/h3-4,9-10,15H,2,5-8H2,1H3,(H,16,18). The quantitative estimate of drug-likeness (QED) is 0.883. The highest BCUT2D eigenvalue weighted by Crippen LogP contribution is 2.24. The van der Waals surface area contributed by atoms with Crippen molar-refractivity contribution in [3.05, 3.63) is 28.7 Å². The third-order valence-electron chi connectivity index (χ3n) is 3.67. The number of ether oxygens (including phenoxy) is 1. The Hall–Kier alpha value is -1.75. The maximum absolute atomic E-state index is 12.2. The second-order valence-corrected chi connectivity index (χ2v) is 4.89. The van der Waals surface area contributed by atoms with Gasteiger partial charge in [0.15, 0.2) is 0 Å². The van der Waals surface area contributed by atoms with Gasteiger partial charge in [0.2, 0.25) is 0 Å². The summed E-state index contributed by atoms with van der Waals surface area (Å²) in [7, 11) is 0. The molecule has 1 aromatic carbocycles. The maximum atomic E-state index is 12.2. The molecule has 1 aliphatic rings. The Bertz CT molecular complexity index is 623. The molecule has 2 heterocycles. The highest BCUT2D eigenvalue weighted by molar-refractivity contribution is 5.77. The van der Waals surface area contributed by atoms with Crippen LogP contribution in [0, 0.1) is 0 Å². The van der Waals surface area contributed by atoms with Gasteiger partial charge in [0, 0.05) is 12.1 Å². The second kappa shape index (κ2) is 5.09. The number of hydrogen-bond acceptors (Lipinski definition) is 3. The van der Waals surface area contributed by atoms with Crippen LogP contribution < -0.4 is 15.7 Å². The van der Waals surface area contributed by atoms with E-state index in [-0.39, 0.29) is 11.7 Å². The molecule has 5 heteroatoms. The number of benzene rings is 1. The van der Waals surface area contributed by atoms with Crippen molar-refractivity contribution in [2.24, 2.45) is 0 Å². The van der Waals surface area contributed by atoms with Crippen molar-refractivity contribution in [1.29, 1.82) is 0 Å². The summed E-state index contributed by atoms with van der Waals surface area (Å²) in [6, 6.07) is 6.05. The predicted octanol–water partition coefficient (Wildman–Crippen LogP) is 1.65. The van der Waals surface area contributed by atoms with Gasteiger partial charge in [-0.3, -0.25) is 4.57 Å². The first-order valence-electron chi connectivity index (χ1n) is 6.87. The zero-order valence-corrected chi connectivity index (χ0v) is 11.1. The molecular formula is C14H19N3O2. The third kappa shape index (κ3) is 2.26. The third-order valence-corrected chi connectivity index (χ3v) is 3.67. The molecule has 2 aromatic rings. The number of nitrogens with one attached hydrogen (secondary N) is 2. The van der Waals surface area contributed by atoms with Gasteiger partial charge < -0.3 is 15.0 Å². The van der Waals surface area contributed by atoms with Crippen LogP contribution in [0.15, 0.2) is 23.0 Å². The van der Waals surface area contributed by atoms with Gasteiger partial charge in [-0.05, 0) is 45.0 Å². The lowest BCUT2D eigenvalue weighted by Crippen LogP contribution is -2.33. The number of aromatic amines is 1. The highest BCUT2D eigenvalue weighted by Gasteiger charge is 2.19. The number of imidazole rings is 1. The van der Waals surface area contributed by atoms with Gasteiger partial charge in [-0.1, -0.05) is 0 Å².